The smallest absolute Gasteiger partial charge is 0.248 e. The van der Waals surface area contributed by atoms with Crippen molar-refractivity contribution in [2.24, 2.45) is 0 Å². The van der Waals surface area contributed by atoms with Gasteiger partial charge in [-0.15, -0.1) is 0 Å². The molecule has 1 heterocycles. The second kappa shape index (κ2) is 11.1. The Balaban J connectivity index is 1.38. The monoisotopic (exact) mass is 550 g/mol. The summed E-state index contributed by atoms with van der Waals surface area (Å²) in [5, 5.41) is 15.3. The largest absolute Gasteiger partial charge is 0.487 e. The third-order valence-electron chi connectivity index (χ3n) is 7.38. The molecule has 3 aromatic carbocycles. The Hall–Kier alpha value is -2.83. The van der Waals surface area contributed by atoms with Crippen molar-refractivity contribution in [2.75, 3.05) is 0 Å². The van der Waals surface area contributed by atoms with Gasteiger partial charge in [-0.05, 0) is 71.2 Å². The summed E-state index contributed by atoms with van der Waals surface area (Å²) in [6, 6.07) is 20.9. The Morgan fingerprint density at radius 3 is 2.29 bits per heavy atom. The van der Waals surface area contributed by atoms with Gasteiger partial charge in [0.2, 0.25) is 5.56 Å². The number of alkyl halides is 2. The highest BCUT2D eigenvalue weighted by Crippen LogP contribution is 2.40. The molecule has 1 unspecified atom stereocenters. The van der Waals surface area contributed by atoms with Gasteiger partial charge in [0.05, 0.1) is 5.52 Å². The van der Waals surface area contributed by atoms with E-state index in [2.05, 4.69) is 36.3 Å². The van der Waals surface area contributed by atoms with Crippen molar-refractivity contribution < 1.29 is 9.84 Å². The van der Waals surface area contributed by atoms with Crippen LogP contribution in [0.4, 0.5) is 0 Å². The number of aliphatic hydroxyl groups excluding tert-OH is 1. The number of hydrogen-bond donors (Lipinski definition) is 3. The highest BCUT2D eigenvalue weighted by molar-refractivity contribution is 6.48. The third kappa shape index (κ3) is 5.48. The molecule has 5 nitrogen and oxygen atoms in total. The lowest BCUT2D eigenvalue weighted by molar-refractivity contribution is 0.139. The Bertz CT molecular complexity index is 1470. The molecule has 0 bridgehead atoms. The van der Waals surface area contributed by atoms with E-state index in [-0.39, 0.29) is 11.6 Å². The zero-order valence-electron chi connectivity index (χ0n) is 21.6. The van der Waals surface area contributed by atoms with Crippen LogP contribution < -0.4 is 15.6 Å². The Kier molecular flexibility index (Phi) is 7.83. The first kappa shape index (κ1) is 26.8. The Labute approximate surface area is 232 Å². The number of hydrogen-bond acceptors (Lipinski definition) is 4. The summed E-state index contributed by atoms with van der Waals surface area (Å²) in [4.78, 5) is 15.0. The summed E-state index contributed by atoms with van der Waals surface area (Å²) in [7, 11) is 0. The maximum atomic E-state index is 12.2. The van der Waals surface area contributed by atoms with E-state index in [1.54, 1.807) is 18.2 Å². The van der Waals surface area contributed by atoms with Gasteiger partial charge in [-0.3, -0.25) is 10.1 Å². The zero-order valence-corrected chi connectivity index (χ0v) is 23.1. The minimum atomic E-state index is -1.65. The fourth-order valence-corrected chi connectivity index (χ4v) is 5.97. The van der Waals surface area contributed by atoms with Crippen molar-refractivity contribution in [1.82, 2.24) is 10.3 Å². The number of aliphatic hydroxyl groups is 1. The molecule has 0 saturated heterocycles. The SMILES string of the molecule is CCc1cc2c(cc1CC)CC(NC(Cl)(Cl)C(O)c1ccc(OCc3ccccc3)c3[nH]c(=O)ccc13)C2. The predicted octanol–water partition coefficient (Wildman–Crippen LogP) is 6.15. The van der Waals surface area contributed by atoms with Crippen LogP contribution in [-0.2, 0) is 32.3 Å². The molecule has 38 heavy (non-hydrogen) atoms. The molecule has 1 atom stereocenters. The van der Waals surface area contributed by atoms with Gasteiger partial charge in [0.25, 0.3) is 0 Å². The number of aryl methyl sites for hydroxylation is 2. The number of aromatic amines is 1. The topological polar surface area (TPSA) is 74.3 Å². The quantitative estimate of drug-likeness (QED) is 0.172. The lowest BCUT2D eigenvalue weighted by Gasteiger charge is -2.31. The second-order valence-electron chi connectivity index (χ2n) is 9.91. The molecule has 4 aromatic rings. The fraction of sp³-hybridized carbons (Fsp3) is 0.323. The summed E-state index contributed by atoms with van der Waals surface area (Å²) < 4.78 is 4.38. The fourth-order valence-electron chi connectivity index (χ4n) is 5.42. The first-order valence-corrected chi connectivity index (χ1v) is 13.8. The first-order valence-electron chi connectivity index (χ1n) is 13.1. The Morgan fingerprint density at radius 2 is 1.66 bits per heavy atom. The Morgan fingerprint density at radius 1 is 1.00 bits per heavy atom. The van der Waals surface area contributed by atoms with Crippen LogP contribution in [0.5, 0.6) is 5.75 Å². The van der Waals surface area contributed by atoms with Gasteiger partial charge in [0.1, 0.15) is 18.5 Å². The lowest BCUT2D eigenvalue weighted by atomic mass is 9.97. The van der Waals surface area contributed by atoms with Crippen molar-refractivity contribution >= 4 is 34.1 Å². The lowest BCUT2D eigenvalue weighted by Crippen LogP contribution is -2.46. The minimum Gasteiger partial charge on any atom is -0.487 e. The number of rotatable bonds is 9. The molecule has 1 aliphatic carbocycles. The van der Waals surface area contributed by atoms with Crippen LogP contribution in [0, 0.1) is 0 Å². The molecule has 0 fully saturated rings. The van der Waals surface area contributed by atoms with Crippen molar-refractivity contribution in [3.05, 3.63) is 110 Å². The van der Waals surface area contributed by atoms with Crippen LogP contribution in [-0.4, -0.2) is 20.6 Å². The molecule has 5 rings (SSSR count). The van der Waals surface area contributed by atoms with Crippen LogP contribution in [0.2, 0.25) is 0 Å². The summed E-state index contributed by atoms with van der Waals surface area (Å²) in [6.07, 6.45) is 2.33. The number of benzene rings is 3. The van der Waals surface area contributed by atoms with Crippen molar-refractivity contribution in [1.29, 1.82) is 0 Å². The van der Waals surface area contributed by atoms with Gasteiger partial charge >= 0.3 is 0 Å². The summed E-state index contributed by atoms with van der Waals surface area (Å²) in [5.41, 5.74) is 7.09. The number of halogens is 2. The zero-order chi connectivity index (χ0) is 26.9. The van der Waals surface area contributed by atoms with Gasteiger partial charge in [-0.1, -0.05) is 85.6 Å². The second-order valence-corrected chi connectivity index (χ2v) is 11.3. The van der Waals surface area contributed by atoms with Gasteiger partial charge in [0.15, 0.2) is 4.46 Å². The van der Waals surface area contributed by atoms with E-state index in [0.29, 0.717) is 28.8 Å². The molecule has 1 aliphatic rings. The molecule has 0 spiro atoms. The van der Waals surface area contributed by atoms with E-state index in [0.717, 1.165) is 31.2 Å². The van der Waals surface area contributed by atoms with E-state index in [1.165, 1.54) is 28.3 Å². The average molecular weight is 552 g/mol. The summed E-state index contributed by atoms with van der Waals surface area (Å²) in [5.74, 6) is 0.505. The normalized spacial score (nSPS) is 14.6. The van der Waals surface area contributed by atoms with E-state index >= 15 is 0 Å². The number of pyridine rings is 1. The molecule has 1 aromatic heterocycles. The van der Waals surface area contributed by atoms with Gasteiger partial charge in [-0.25, -0.2) is 0 Å². The molecular weight excluding hydrogens is 519 g/mol. The van der Waals surface area contributed by atoms with Crippen molar-refractivity contribution in [3.63, 3.8) is 0 Å². The molecule has 0 radical (unpaired) electrons. The molecule has 7 heteroatoms. The number of fused-ring (bicyclic) bond motifs is 2. The number of ether oxygens (including phenoxy) is 1. The van der Waals surface area contributed by atoms with E-state index in [1.807, 2.05) is 30.3 Å². The molecule has 198 valence electrons. The molecule has 0 saturated carbocycles. The predicted molar refractivity (Wildman–Crippen MR) is 154 cm³/mol. The summed E-state index contributed by atoms with van der Waals surface area (Å²) in [6.45, 7) is 4.70. The first-order chi connectivity index (χ1) is 18.3. The van der Waals surface area contributed by atoms with Crippen LogP contribution in [0.3, 0.4) is 0 Å². The van der Waals surface area contributed by atoms with Crippen molar-refractivity contribution in [3.8, 4) is 5.75 Å². The highest BCUT2D eigenvalue weighted by Gasteiger charge is 2.39. The summed E-state index contributed by atoms with van der Waals surface area (Å²) >= 11 is 13.6. The van der Waals surface area contributed by atoms with Crippen LogP contribution >= 0.6 is 23.2 Å². The molecular formula is C31H32Cl2N2O3. The maximum absolute atomic E-state index is 12.2. The van der Waals surface area contributed by atoms with Gasteiger partial charge in [-0.2, -0.15) is 0 Å². The maximum Gasteiger partial charge on any atom is 0.248 e. The average Bonchev–Trinajstić information content (AvgIpc) is 3.31. The van der Waals surface area contributed by atoms with E-state index < -0.39 is 10.6 Å². The standard InChI is InChI=1S/C31H32Cl2N2O3/c1-3-20-14-22-16-24(17-23(22)15-21(20)4-2)35-31(32,33)30(37)26-10-12-27(29-25(26)11-13-28(36)34-29)38-18-19-8-6-5-7-9-19/h5-15,24,30,35,37H,3-4,16-18H2,1-2H3,(H,34,36). The molecule has 0 amide bonds. The van der Waals surface area contributed by atoms with Gasteiger partial charge in [0, 0.05) is 17.5 Å². The minimum absolute atomic E-state index is 0.00832. The molecule has 0 aliphatic heterocycles. The van der Waals surface area contributed by atoms with Crippen LogP contribution in [0.15, 0.2) is 71.5 Å². The van der Waals surface area contributed by atoms with Gasteiger partial charge < -0.3 is 14.8 Å². The third-order valence-corrected chi connectivity index (χ3v) is 8.01. The number of aromatic nitrogens is 1. The van der Waals surface area contributed by atoms with Crippen LogP contribution in [0.1, 0.15) is 53.3 Å². The van der Waals surface area contributed by atoms with E-state index in [4.69, 9.17) is 27.9 Å². The highest BCUT2D eigenvalue weighted by atomic mass is 35.5. The van der Waals surface area contributed by atoms with Crippen molar-refractivity contribution in [2.45, 2.75) is 62.7 Å². The molecule has 3 N–H and O–H groups in total. The van der Waals surface area contributed by atoms with Crippen LogP contribution in [0.25, 0.3) is 10.9 Å². The van der Waals surface area contributed by atoms with E-state index in [9.17, 15) is 9.90 Å². The number of H-pyrrole nitrogens is 1. The number of nitrogens with one attached hydrogen (secondary N) is 2.